The zero-order chi connectivity index (χ0) is 62.5. The van der Waals surface area contributed by atoms with Gasteiger partial charge in [-0.3, -0.25) is 52.8 Å². The van der Waals surface area contributed by atoms with Crippen molar-refractivity contribution in [2.75, 3.05) is 52.5 Å². The summed E-state index contributed by atoms with van der Waals surface area (Å²) in [4.78, 5) is 142. The Morgan fingerprint density at radius 3 is 1.65 bits per heavy atom. The zero-order valence-corrected chi connectivity index (χ0v) is 52.1. The Hall–Kier alpha value is -6.23. The van der Waals surface area contributed by atoms with Gasteiger partial charge in [0.1, 0.15) is 52.6 Å². The molecule has 9 N–H and O–H groups in total. The second-order valence-corrected chi connectivity index (χ2v) is 26.0. The fourth-order valence-electron chi connectivity index (χ4n) is 10.6. The molecule has 0 bridgehead atoms. The first-order chi connectivity index (χ1) is 39.4. The fraction of sp³-hybridized carbons (Fsp3) is 0.738. The Labute approximate surface area is 497 Å². The maximum Gasteiger partial charge on any atom is 0.255 e. The van der Waals surface area contributed by atoms with Crippen molar-refractivity contribution < 1.29 is 57.1 Å². The van der Waals surface area contributed by atoms with Crippen molar-refractivity contribution in [2.45, 2.75) is 207 Å². The zero-order valence-electron chi connectivity index (χ0n) is 52.1. The minimum atomic E-state index is -1.66. The number of amides is 10. The Bertz CT molecular complexity index is 2400. The summed E-state index contributed by atoms with van der Waals surface area (Å²) in [5.41, 5.74) is -4.45. The molecule has 2 heterocycles. The highest BCUT2D eigenvalue weighted by Gasteiger charge is 2.42. The molecule has 10 amide bonds. The molecule has 472 valence electrons. The lowest BCUT2D eigenvalue weighted by Crippen LogP contribution is -2.65. The molecule has 5 atom stereocenters. The van der Waals surface area contributed by atoms with E-state index < -0.39 is 99.9 Å². The van der Waals surface area contributed by atoms with Crippen LogP contribution in [0.5, 0.6) is 0 Å². The van der Waals surface area contributed by atoms with Crippen LogP contribution in [-0.2, 0) is 47.9 Å². The van der Waals surface area contributed by atoms with Gasteiger partial charge in [0.25, 0.3) is 5.91 Å². The van der Waals surface area contributed by atoms with Crippen LogP contribution >= 0.6 is 0 Å². The Morgan fingerprint density at radius 1 is 0.571 bits per heavy atom. The minimum absolute atomic E-state index is 0.0288. The third kappa shape index (κ3) is 23.0. The molecular formula is C61H100FN11O11. The van der Waals surface area contributed by atoms with Gasteiger partial charge < -0.3 is 57.5 Å². The Kier molecular flexibility index (Phi) is 27.5. The summed E-state index contributed by atoms with van der Waals surface area (Å²) in [6.07, 6.45) is 6.80. The number of morpholine rings is 1. The molecule has 1 saturated carbocycles. The number of rotatable bonds is 31. The molecule has 0 spiro atoms. The molecule has 0 aromatic heterocycles. The summed E-state index contributed by atoms with van der Waals surface area (Å²) in [5.74, 6) is -7.68. The second-order valence-electron chi connectivity index (χ2n) is 26.0. The van der Waals surface area contributed by atoms with E-state index in [4.69, 9.17) is 4.74 Å². The molecule has 2 saturated heterocycles. The van der Waals surface area contributed by atoms with Gasteiger partial charge in [0.15, 0.2) is 0 Å². The predicted molar refractivity (Wildman–Crippen MR) is 317 cm³/mol. The van der Waals surface area contributed by atoms with E-state index in [1.807, 2.05) is 41.5 Å². The SMILES string of the molecule is CC(C)C[C@H](NC(=O)[C@H](CCC1CCCCC1)C(=O)N[C@@H]1CCCN1C(=O)c1ccc(F)cc1)C(=O)NC(C)(C)C(=O)N[C@@H](CC(C)C)C(=O)N[C@@H](CC(C)C)C(=O)NC(C)(C)C(=O)NC(C)(C)C(=O)NCCC(=O)NCCN1CCOCC1. The number of carbonyl (C=O) groups excluding carboxylic acids is 10. The normalized spacial score (nSPS) is 17.8. The van der Waals surface area contributed by atoms with Gasteiger partial charge in [0.05, 0.1) is 13.2 Å². The lowest BCUT2D eigenvalue weighted by molar-refractivity contribution is -0.140. The first kappa shape index (κ1) is 70.3. The minimum Gasteiger partial charge on any atom is -0.379 e. The number of carbonyl (C=O) groups is 10. The predicted octanol–water partition coefficient (Wildman–Crippen LogP) is 3.71. The molecule has 23 heteroatoms. The van der Waals surface area contributed by atoms with Crippen molar-refractivity contribution in [2.24, 2.45) is 29.6 Å². The maximum atomic E-state index is 14.4. The molecule has 0 unspecified atom stereocenters. The Morgan fingerprint density at radius 2 is 1.10 bits per heavy atom. The number of halogens is 1. The number of hydrogen-bond donors (Lipinski definition) is 9. The molecule has 22 nitrogen and oxygen atoms in total. The smallest absolute Gasteiger partial charge is 0.255 e. The van der Waals surface area contributed by atoms with E-state index >= 15 is 0 Å². The monoisotopic (exact) mass is 1180 g/mol. The number of benzene rings is 1. The molecule has 0 radical (unpaired) electrons. The van der Waals surface area contributed by atoms with Gasteiger partial charge in [-0.05, 0) is 134 Å². The highest BCUT2D eigenvalue weighted by atomic mass is 19.1. The van der Waals surface area contributed by atoms with Crippen molar-refractivity contribution in [3.8, 4) is 0 Å². The van der Waals surface area contributed by atoms with E-state index in [0.29, 0.717) is 58.0 Å². The van der Waals surface area contributed by atoms with Gasteiger partial charge in [0.2, 0.25) is 53.2 Å². The van der Waals surface area contributed by atoms with E-state index in [-0.39, 0.29) is 73.8 Å². The van der Waals surface area contributed by atoms with Gasteiger partial charge in [-0.2, -0.15) is 0 Å². The van der Waals surface area contributed by atoms with Crippen LogP contribution in [0, 0.1) is 35.4 Å². The summed E-state index contributed by atoms with van der Waals surface area (Å²) in [5, 5.41) is 25.1. The number of nitrogens with zero attached hydrogens (tertiary/aromatic N) is 2. The van der Waals surface area contributed by atoms with Crippen LogP contribution in [0.3, 0.4) is 0 Å². The van der Waals surface area contributed by atoms with Crippen molar-refractivity contribution in [1.82, 2.24) is 57.7 Å². The molecule has 1 aromatic carbocycles. The molecule has 4 rings (SSSR count). The molecule has 1 aromatic rings. The average Bonchev–Trinajstić information content (AvgIpc) is 3.33. The van der Waals surface area contributed by atoms with Gasteiger partial charge in [-0.1, -0.05) is 73.6 Å². The first-order valence-electron chi connectivity index (χ1n) is 30.5. The van der Waals surface area contributed by atoms with Crippen LogP contribution in [0.1, 0.15) is 177 Å². The first-order valence-corrected chi connectivity index (χ1v) is 30.5. The third-order valence-electron chi connectivity index (χ3n) is 15.6. The lowest BCUT2D eigenvalue weighted by Gasteiger charge is -2.34. The topological polar surface area (TPSA) is 295 Å². The molecule has 2 aliphatic heterocycles. The third-order valence-corrected chi connectivity index (χ3v) is 15.6. The summed E-state index contributed by atoms with van der Waals surface area (Å²) in [6.45, 7) is 24.4. The van der Waals surface area contributed by atoms with Crippen molar-refractivity contribution in [3.05, 3.63) is 35.6 Å². The van der Waals surface area contributed by atoms with Gasteiger partial charge in [0, 0.05) is 51.3 Å². The molecular weight excluding hydrogens is 1080 g/mol. The van der Waals surface area contributed by atoms with Crippen LogP contribution < -0.4 is 47.9 Å². The van der Waals surface area contributed by atoms with Crippen molar-refractivity contribution >= 4 is 59.1 Å². The molecule has 1 aliphatic carbocycles. The van der Waals surface area contributed by atoms with Gasteiger partial charge >= 0.3 is 0 Å². The average molecular weight is 1180 g/mol. The summed E-state index contributed by atoms with van der Waals surface area (Å²) < 4.78 is 19.1. The van der Waals surface area contributed by atoms with Crippen LogP contribution in [0.2, 0.25) is 0 Å². The van der Waals surface area contributed by atoms with E-state index in [0.717, 1.165) is 45.2 Å². The van der Waals surface area contributed by atoms with E-state index in [1.54, 1.807) is 0 Å². The van der Waals surface area contributed by atoms with Gasteiger partial charge in [-0.25, -0.2) is 4.39 Å². The number of likely N-dealkylation sites (tertiary alicyclic amines) is 1. The standard InChI is InChI=1S/C61H100FN11O11/c1-38(2)35-45(52(77)66-47(37-40(5)6)54(79)70-61(11,12)58(83)71-59(7,8)56(81)64-27-26-49(74)63-28-30-72-31-33-84-34-32-72)67-57(82)60(9,10)69-53(78)46(36-39(3)4)65-50(75)44(25-20-41-17-14-13-15-18-41)51(76)68-48-19-16-29-73(48)55(80)42-21-23-43(62)24-22-42/h21-24,38-41,44-48H,13-20,25-37H2,1-12H3,(H,63,74)(H,64,81)(H,65,75)(H,66,77)(H,67,82)(H,68,76)(H,69,78)(H,70,79)(H,71,83)/t44-,45-,46-,47-,48-/m0/s1. The van der Waals surface area contributed by atoms with E-state index in [2.05, 4.69) is 52.8 Å². The molecule has 84 heavy (non-hydrogen) atoms. The summed E-state index contributed by atoms with van der Waals surface area (Å²) in [7, 11) is 0. The van der Waals surface area contributed by atoms with E-state index in [1.165, 1.54) is 70.7 Å². The van der Waals surface area contributed by atoms with Crippen LogP contribution in [-0.4, -0.2) is 162 Å². The van der Waals surface area contributed by atoms with Crippen molar-refractivity contribution in [3.63, 3.8) is 0 Å². The second kappa shape index (κ2) is 32.9. The largest absolute Gasteiger partial charge is 0.379 e. The van der Waals surface area contributed by atoms with E-state index in [9.17, 15) is 52.3 Å². The fourth-order valence-corrected chi connectivity index (χ4v) is 10.6. The maximum absolute atomic E-state index is 14.4. The number of nitrogens with one attached hydrogen (secondary N) is 9. The number of hydrogen-bond acceptors (Lipinski definition) is 12. The van der Waals surface area contributed by atoms with Crippen LogP contribution in [0.25, 0.3) is 0 Å². The number of ether oxygens (including phenoxy) is 1. The van der Waals surface area contributed by atoms with Gasteiger partial charge in [-0.15, -0.1) is 0 Å². The molecule has 3 aliphatic rings. The summed E-state index contributed by atoms with van der Waals surface area (Å²) in [6, 6.07) is 1.62. The van der Waals surface area contributed by atoms with Crippen molar-refractivity contribution in [1.29, 1.82) is 0 Å². The highest BCUT2D eigenvalue weighted by Crippen LogP contribution is 2.30. The highest BCUT2D eigenvalue weighted by molar-refractivity contribution is 6.03. The quantitative estimate of drug-likeness (QED) is 0.0481. The van der Waals surface area contributed by atoms with Crippen LogP contribution in [0.4, 0.5) is 4.39 Å². The lowest BCUT2D eigenvalue weighted by atomic mass is 9.83. The Balaban J connectivity index is 1.40. The molecule has 3 fully saturated rings. The summed E-state index contributed by atoms with van der Waals surface area (Å²) >= 11 is 0. The van der Waals surface area contributed by atoms with Crippen LogP contribution in [0.15, 0.2) is 24.3 Å².